The summed E-state index contributed by atoms with van der Waals surface area (Å²) in [5.74, 6) is 0. The van der Waals surface area contributed by atoms with Gasteiger partial charge in [-0.15, -0.1) is 34.5 Å². The molecule has 0 N–H and O–H groups in total. The molecule has 0 spiro atoms. The van der Waals surface area contributed by atoms with Crippen molar-refractivity contribution in [1.82, 2.24) is 0 Å². The van der Waals surface area contributed by atoms with Crippen molar-refractivity contribution in [1.29, 1.82) is 0 Å². The maximum Gasteiger partial charge on any atom is 3.00 e. The summed E-state index contributed by atoms with van der Waals surface area (Å²) in [6.45, 7) is 4.46. The molecule has 0 nitrogen and oxygen atoms in total. The molecule has 0 saturated carbocycles. The molecule has 24 heavy (non-hydrogen) atoms. The average molecular weight is 438 g/mol. The Kier molecular flexibility index (Phi) is 11.0. The molecule has 0 aliphatic rings. The first-order valence-corrected chi connectivity index (χ1v) is 8.09. The van der Waals surface area contributed by atoms with Crippen LogP contribution in [0.1, 0.15) is 37.8 Å². The van der Waals surface area contributed by atoms with E-state index in [2.05, 4.69) is 68.4 Å². The summed E-state index contributed by atoms with van der Waals surface area (Å²) in [5, 5.41) is 2.75. The number of hydrogen-bond acceptors (Lipinski definition) is 0. The minimum Gasteiger partial charge on any atom is -1.00 e. The Labute approximate surface area is 177 Å². The first kappa shape index (κ1) is 23.5. The normalized spacial score (nSPS) is 9.75. The number of rotatable bonds is 5. The van der Waals surface area contributed by atoms with E-state index in [0.29, 0.717) is 0 Å². The summed E-state index contributed by atoms with van der Waals surface area (Å²) in [6, 6.07) is 20.4. The predicted octanol–water partition coefficient (Wildman–Crippen LogP) is 0.136. The van der Waals surface area contributed by atoms with Crippen LogP contribution < -0.4 is 24.8 Å². The van der Waals surface area contributed by atoms with Crippen LogP contribution in [0.25, 0.3) is 21.9 Å². The zero-order valence-corrected chi connectivity index (χ0v) is 18.3. The van der Waals surface area contributed by atoms with Crippen molar-refractivity contribution in [2.45, 2.75) is 39.5 Å². The van der Waals surface area contributed by atoms with E-state index in [0.717, 1.165) is 6.42 Å². The molecule has 0 heterocycles. The van der Waals surface area contributed by atoms with Crippen LogP contribution in [0, 0.1) is 0 Å². The molecule has 3 aromatic carbocycles. The second kappa shape index (κ2) is 11.2. The predicted molar refractivity (Wildman–Crippen MR) is 93.0 cm³/mol. The topological polar surface area (TPSA) is 0 Å². The van der Waals surface area contributed by atoms with E-state index in [1.807, 2.05) is 0 Å². The molecule has 1 radical (unpaired) electrons. The van der Waals surface area contributed by atoms with Crippen LogP contribution in [0.5, 0.6) is 0 Å². The number of aryl methyl sites for hydroxylation is 2. The van der Waals surface area contributed by atoms with Gasteiger partial charge in [0, 0.05) is 0 Å². The fourth-order valence-corrected chi connectivity index (χ4v) is 2.98. The molecule has 0 bridgehead atoms. The van der Waals surface area contributed by atoms with E-state index in [4.69, 9.17) is 0 Å². The summed E-state index contributed by atoms with van der Waals surface area (Å²) >= 11 is 0. The van der Waals surface area contributed by atoms with E-state index in [1.54, 1.807) is 0 Å². The minimum absolute atomic E-state index is 0. The summed E-state index contributed by atoms with van der Waals surface area (Å²) in [4.78, 5) is 0. The van der Waals surface area contributed by atoms with E-state index in [9.17, 15) is 0 Å². The third kappa shape index (κ3) is 5.25. The third-order valence-corrected chi connectivity index (χ3v) is 4.30. The van der Waals surface area contributed by atoms with Crippen LogP contribution >= 0.6 is 0 Å². The first-order chi connectivity index (χ1) is 10.3. The van der Waals surface area contributed by atoms with Gasteiger partial charge in [-0.1, -0.05) is 56.2 Å². The Morgan fingerprint density at radius 1 is 0.917 bits per heavy atom. The summed E-state index contributed by atoms with van der Waals surface area (Å²) < 4.78 is 0. The van der Waals surface area contributed by atoms with Crippen molar-refractivity contribution in [2.24, 2.45) is 0 Å². The number of fused-ring (bicyclic) bond motifs is 1. The Morgan fingerprint density at radius 2 is 1.62 bits per heavy atom. The molecule has 3 heteroatoms. The number of halogens is 2. The SMILES string of the molecule is CCCCc1ccc(-c2cccc3[cH-]c(CC)cc23)cc1.[Cl-].[Cl-].[Zr+3]. The van der Waals surface area contributed by atoms with Crippen LogP contribution in [-0.4, -0.2) is 0 Å². The van der Waals surface area contributed by atoms with Gasteiger partial charge in [0.05, 0.1) is 0 Å². The largest absolute Gasteiger partial charge is 3.00 e. The Balaban J connectivity index is 0.00000176. The molecule has 0 amide bonds. The standard InChI is InChI=1S/C21H23.2ClH.Zr/c1-3-5-7-17-10-12-18(13-11-17)20-9-6-8-19-14-16(4-2)15-21(19)20;;;/h6,8-15H,3-5,7H2,1-2H3;2*1H;/q-1;;;+3/p-2. The summed E-state index contributed by atoms with van der Waals surface area (Å²) in [7, 11) is 0. The van der Waals surface area contributed by atoms with Gasteiger partial charge in [0.1, 0.15) is 0 Å². The van der Waals surface area contributed by atoms with Crippen molar-refractivity contribution in [2.75, 3.05) is 0 Å². The Bertz CT molecular complexity index is 729. The van der Waals surface area contributed by atoms with E-state index < -0.39 is 0 Å². The van der Waals surface area contributed by atoms with E-state index >= 15 is 0 Å². The van der Waals surface area contributed by atoms with E-state index in [-0.39, 0.29) is 51.0 Å². The molecule has 125 valence electrons. The number of hydrogen-bond donors (Lipinski definition) is 0. The van der Waals surface area contributed by atoms with Crippen LogP contribution in [0.4, 0.5) is 0 Å². The molecule has 3 aromatic rings. The van der Waals surface area contributed by atoms with Gasteiger partial charge in [0.15, 0.2) is 0 Å². The van der Waals surface area contributed by atoms with Crippen molar-refractivity contribution in [3.63, 3.8) is 0 Å². The molecule has 0 aliphatic heterocycles. The Hall–Kier alpha value is -0.487. The molecule has 0 atom stereocenters. The second-order valence-electron chi connectivity index (χ2n) is 5.83. The van der Waals surface area contributed by atoms with Crippen LogP contribution in [0.2, 0.25) is 0 Å². The van der Waals surface area contributed by atoms with Crippen molar-refractivity contribution in [3.8, 4) is 11.1 Å². The summed E-state index contributed by atoms with van der Waals surface area (Å²) in [6.07, 6.45) is 4.83. The van der Waals surface area contributed by atoms with Gasteiger partial charge in [0.2, 0.25) is 0 Å². The van der Waals surface area contributed by atoms with Crippen molar-refractivity contribution >= 4 is 10.8 Å². The van der Waals surface area contributed by atoms with Gasteiger partial charge in [-0.3, -0.25) is 0 Å². The molecular weight excluding hydrogens is 414 g/mol. The maximum atomic E-state index is 2.34. The molecule has 0 aromatic heterocycles. The zero-order valence-electron chi connectivity index (χ0n) is 14.3. The monoisotopic (exact) mass is 435 g/mol. The third-order valence-electron chi connectivity index (χ3n) is 4.30. The average Bonchev–Trinajstić information content (AvgIpc) is 2.96. The van der Waals surface area contributed by atoms with Gasteiger partial charge in [0.25, 0.3) is 0 Å². The molecular formula is C21H23Cl2Zr. The molecule has 0 unspecified atom stereocenters. The van der Waals surface area contributed by atoms with Gasteiger partial charge in [-0.05, 0) is 30.4 Å². The van der Waals surface area contributed by atoms with Gasteiger partial charge in [-0.25, -0.2) is 0 Å². The molecule has 0 fully saturated rings. The number of unbranched alkanes of at least 4 members (excludes halogenated alkanes) is 1. The molecule has 0 aliphatic carbocycles. The van der Waals surface area contributed by atoms with Crippen molar-refractivity contribution < 1.29 is 51.0 Å². The second-order valence-corrected chi connectivity index (χ2v) is 5.83. The van der Waals surface area contributed by atoms with Crippen molar-refractivity contribution in [3.05, 3.63) is 65.7 Å². The van der Waals surface area contributed by atoms with Crippen LogP contribution in [0.15, 0.2) is 54.6 Å². The molecule has 3 rings (SSSR count). The minimum atomic E-state index is 0. The van der Waals surface area contributed by atoms with E-state index in [1.165, 1.54) is 52.3 Å². The smallest absolute Gasteiger partial charge is 1.00 e. The van der Waals surface area contributed by atoms with Crippen LogP contribution in [-0.2, 0) is 39.0 Å². The van der Waals surface area contributed by atoms with Gasteiger partial charge < -0.3 is 24.8 Å². The Morgan fingerprint density at radius 3 is 2.25 bits per heavy atom. The number of benzene rings is 2. The molecule has 0 saturated heterocycles. The fourth-order valence-electron chi connectivity index (χ4n) is 2.98. The van der Waals surface area contributed by atoms with Gasteiger partial charge in [-0.2, -0.15) is 6.07 Å². The fraction of sp³-hybridized carbons (Fsp3) is 0.286. The first-order valence-electron chi connectivity index (χ1n) is 8.09. The summed E-state index contributed by atoms with van der Waals surface area (Å²) in [5.41, 5.74) is 5.56. The van der Waals surface area contributed by atoms with Crippen LogP contribution in [0.3, 0.4) is 0 Å². The van der Waals surface area contributed by atoms with Gasteiger partial charge >= 0.3 is 26.2 Å². The maximum absolute atomic E-state index is 2.34. The quantitative estimate of drug-likeness (QED) is 0.498. The zero-order chi connectivity index (χ0) is 14.7.